The van der Waals surface area contributed by atoms with E-state index in [0.29, 0.717) is 37.1 Å². The zero-order valence-corrected chi connectivity index (χ0v) is 16.4. The third kappa shape index (κ3) is 4.78. The number of aryl methyl sites for hydroxylation is 1. The molecule has 0 spiro atoms. The predicted octanol–water partition coefficient (Wildman–Crippen LogP) is 4.05. The molecule has 0 radical (unpaired) electrons. The number of para-hydroxylation sites is 1. The Labute approximate surface area is 168 Å². The zero-order valence-electron chi connectivity index (χ0n) is 15.6. The maximum atomic E-state index is 12.5. The predicted molar refractivity (Wildman–Crippen MR) is 107 cm³/mol. The van der Waals surface area contributed by atoms with E-state index in [0.717, 1.165) is 36.6 Å². The topological polar surface area (TPSA) is 68.5 Å². The lowest BCUT2D eigenvalue weighted by molar-refractivity contribution is -0.132. The molecule has 0 N–H and O–H groups in total. The molecule has 146 valence electrons. The second kappa shape index (κ2) is 9.01. The van der Waals surface area contributed by atoms with E-state index in [1.54, 1.807) is 11.3 Å². The van der Waals surface area contributed by atoms with Crippen LogP contribution < -0.4 is 4.74 Å². The van der Waals surface area contributed by atoms with Gasteiger partial charge in [0.2, 0.25) is 17.6 Å². The van der Waals surface area contributed by atoms with Gasteiger partial charge in [-0.15, -0.1) is 11.3 Å². The minimum absolute atomic E-state index is 0.151. The Morgan fingerprint density at radius 1 is 1.18 bits per heavy atom. The van der Waals surface area contributed by atoms with Crippen LogP contribution in [0.25, 0.3) is 10.7 Å². The number of nitrogens with zero attached hydrogens (tertiary/aromatic N) is 3. The van der Waals surface area contributed by atoms with Crippen LogP contribution in [-0.2, 0) is 11.2 Å². The number of benzene rings is 1. The van der Waals surface area contributed by atoms with Gasteiger partial charge in [-0.05, 0) is 42.3 Å². The molecular formula is C21H23N3O3S. The molecule has 6 nitrogen and oxygen atoms in total. The molecule has 3 heterocycles. The lowest BCUT2D eigenvalue weighted by Crippen LogP contribution is -2.39. The Morgan fingerprint density at radius 2 is 2.00 bits per heavy atom. The SMILES string of the molecule is O=C(CCc1nc(-c2cccs2)no1)N1CCC(COc2ccccc2)CC1. The van der Waals surface area contributed by atoms with E-state index in [4.69, 9.17) is 9.26 Å². The molecule has 1 saturated heterocycles. The highest BCUT2D eigenvalue weighted by Crippen LogP contribution is 2.22. The van der Waals surface area contributed by atoms with Gasteiger partial charge in [0.1, 0.15) is 5.75 Å². The summed E-state index contributed by atoms with van der Waals surface area (Å²) in [7, 11) is 0. The van der Waals surface area contributed by atoms with Crippen LogP contribution in [0.5, 0.6) is 5.75 Å². The highest BCUT2D eigenvalue weighted by Gasteiger charge is 2.23. The summed E-state index contributed by atoms with van der Waals surface area (Å²) in [6.45, 7) is 2.28. The van der Waals surface area contributed by atoms with Gasteiger partial charge in [0, 0.05) is 25.9 Å². The number of thiophene rings is 1. The fraction of sp³-hybridized carbons (Fsp3) is 0.381. The molecule has 4 rings (SSSR count). The number of hydrogen-bond donors (Lipinski definition) is 0. The van der Waals surface area contributed by atoms with E-state index in [1.807, 2.05) is 52.7 Å². The summed E-state index contributed by atoms with van der Waals surface area (Å²) in [6, 6.07) is 13.8. The van der Waals surface area contributed by atoms with Gasteiger partial charge in [0.15, 0.2) is 0 Å². The fourth-order valence-corrected chi connectivity index (χ4v) is 3.96. The van der Waals surface area contributed by atoms with Crippen molar-refractivity contribution in [2.75, 3.05) is 19.7 Å². The van der Waals surface area contributed by atoms with Crippen LogP contribution in [0, 0.1) is 5.92 Å². The lowest BCUT2D eigenvalue weighted by atomic mass is 9.97. The molecule has 1 aliphatic heterocycles. The van der Waals surface area contributed by atoms with E-state index in [-0.39, 0.29) is 5.91 Å². The Morgan fingerprint density at radius 3 is 2.75 bits per heavy atom. The minimum Gasteiger partial charge on any atom is -0.493 e. The van der Waals surface area contributed by atoms with Gasteiger partial charge in [-0.2, -0.15) is 4.98 Å². The summed E-state index contributed by atoms with van der Waals surface area (Å²) in [4.78, 5) is 19.8. The van der Waals surface area contributed by atoms with Crippen molar-refractivity contribution in [3.05, 3.63) is 53.7 Å². The first kappa shape index (κ1) is 18.7. The Balaban J connectivity index is 1.19. The van der Waals surface area contributed by atoms with Crippen molar-refractivity contribution in [1.29, 1.82) is 0 Å². The number of rotatable bonds is 7. The number of ether oxygens (including phenoxy) is 1. The zero-order chi connectivity index (χ0) is 19.2. The molecule has 7 heteroatoms. The van der Waals surface area contributed by atoms with E-state index in [9.17, 15) is 4.79 Å². The molecule has 0 atom stereocenters. The second-order valence-corrected chi connectivity index (χ2v) is 7.88. The van der Waals surface area contributed by atoms with Gasteiger partial charge in [-0.1, -0.05) is 29.4 Å². The number of hydrogen-bond acceptors (Lipinski definition) is 6. The van der Waals surface area contributed by atoms with Crippen molar-refractivity contribution in [1.82, 2.24) is 15.0 Å². The van der Waals surface area contributed by atoms with Gasteiger partial charge < -0.3 is 14.2 Å². The van der Waals surface area contributed by atoms with E-state index >= 15 is 0 Å². The lowest BCUT2D eigenvalue weighted by Gasteiger charge is -2.32. The molecule has 28 heavy (non-hydrogen) atoms. The van der Waals surface area contributed by atoms with Crippen LogP contribution in [0.2, 0.25) is 0 Å². The molecule has 1 amide bonds. The van der Waals surface area contributed by atoms with Crippen molar-refractivity contribution in [2.24, 2.45) is 5.92 Å². The first-order valence-electron chi connectivity index (χ1n) is 9.60. The molecule has 1 fully saturated rings. The first-order chi connectivity index (χ1) is 13.8. The molecule has 0 bridgehead atoms. The minimum atomic E-state index is 0.151. The number of likely N-dealkylation sites (tertiary alicyclic amines) is 1. The number of aromatic nitrogens is 2. The van der Waals surface area contributed by atoms with Crippen molar-refractivity contribution in [3.63, 3.8) is 0 Å². The molecule has 0 unspecified atom stereocenters. The van der Waals surface area contributed by atoms with E-state index in [2.05, 4.69) is 10.1 Å². The molecule has 0 aliphatic carbocycles. The number of carbonyl (C=O) groups is 1. The fourth-order valence-electron chi connectivity index (χ4n) is 3.31. The van der Waals surface area contributed by atoms with Crippen molar-refractivity contribution < 1.29 is 14.1 Å². The summed E-state index contributed by atoms with van der Waals surface area (Å²) >= 11 is 1.57. The van der Waals surface area contributed by atoms with Crippen molar-refractivity contribution >= 4 is 17.2 Å². The summed E-state index contributed by atoms with van der Waals surface area (Å²) < 4.78 is 11.1. The van der Waals surface area contributed by atoms with E-state index < -0.39 is 0 Å². The van der Waals surface area contributed by atoms with Gasteiger partial charge in [-0.3, -0.25) is 4.79 Å². The molecular weight excluding hydrogens is 374 g/mol. The largest absolute Gasteiger partial charge is 0.493 e. The van der Waals surface area contributed by atoms with Crippen LogP contribution in [0.4, 0.5) is 0 Å². The van der Waals surface area contributed by atoms with E-state index in [1.165, 1.54) is 0 Å². The second-order valence-electron chi connectivity index (χ2n) is 6.94. The Kier molecular flexibility index (Phi) is 6.01. The third-order valence-electron chi connectivity index (χ3n) is 4.96. The number of amides is 1. The third-order valence-corrected chi connectivity index (χ3v) is 5.82. The normalized spacial score (nSPS) is 14.9. The molecule has 3 aromatic rings. The van der Waals surface area contributed by atoms with Gasteiger partial charge in [0.25, 0.3) is 0 Å². The van der Waals surface area contributed by atoms with Crippen LogP contribution >= 0.6 is 11.3 Å². The quantitative estimate of drug-likeness (QED) is 0.602. The average molecular weight is 398 g/mol. The van der Waals surface area contributed by atoms with Crippen LogP contribution in [0.3, 0.4) is 0 Å². The smallest absolute Gasteiger partial charge is 0.227 e. The van der Waals surface area contributed by atoms with Gasteiger partial charge >= 0.3 is 0 Å². The summed E-state index contributed by atoms with van der Waals surface area (Å²) in [5.74, 6) is 2.66. The summed E-state index contributed by atoms with van der Waals surface area (Å²) in [5, 5.41) is 5.97. The van der Waals surface area contributed by atoms with Crippen molar-refractivity contribution in [2.45, 2.75) is 25.7 Å². The molecule has 2 aromatic heterocycles. The van der Waals surface area contributed by atoms with Crippen LogP contribution in [0.1, 0.15) is 25.2 Å². The van der Waals surface area contributed by atoms with Crippen LogP contribution in [0.15, 0.2) is 52.4 Å². The maximum absolute atomic E-state index is 12.5. The van der Waals surface area contributed by atoms with Gasteiger partial charge in [0.05, 0.1) is 11.5 Å². The van der Waals surface area contributed by atoms with Crippen LogP contribution in [-0.4, -0.2) is 40.6 Å². The molecule has 0 saturated carbocycles. The standard InChI is InChI=1S/C21H23N3O3S/c25-20(9-8-19-22-21(23-27-19)18-7-4-14-28-18)24-12-10-16(11-13-24)15-26-17-5-2-1-3-6-17/h1-7,14,16H,8-13,15H2. The Hall–Kier alpha value is -2.67. The monoisotopic (exact) mass is 397 g/mol. The summed E-state index contributed by atoms with van der Waals surface area (Å²) in [5.41, 5.74) is 0. The highest BCUT2D eigenvalue weighted by molar-refractivity contribution is 7.13. The first-order valence-corrected chi connectivity index (χ1v) is 10.5. The number of piperidine rings is 1. The maximum Gasteiger partial charge on any atom is 0.227 e. The van der Waals surface area contributed by atoms with Crippen molar-refractivity contribution in [3.8, 4) is 16.5 Å². The highest BCUT2D eigenvalue weighted by atomic mass is 32.1. The summed E-state index contributed by atoms with van der Waals surface area (Å²) in [6.07, 6.45) is 2.83. The van der Waals surface area contributed by atoms with Gasteiger partial charge in [-0.25, -0.2) is 0 Å². The molecule has 1 aromatic carbocycles. The Bertz CT molecular complexity index is 871. The average Bonchev–Trinajstić information content (AvgIpc) is 3.43. The molecule has 1 aliphatic rings. The number of carbonyl (C=O) groups excluding carboxylic acids is 1.